The first kappa shape index (κ1) is 82.4. The molecular weight excluding hydrogens is 1090 g/mol. The van der Waals surface area contributed by atoms with Crippen molar-refractivity contribution in [3.05, 3.63) is 122 Å². The molecule has 0 spiro atoms. The topological polar surface area (TPSA) is 108 Å². The van der Waals surface area contributed by atoms with Gasteiger partial charge in [-0.2, -0.15) is 0 Å². The second kappa shape index (κ2) is 65.8. The number of quaternary nitrogens is 1. The van der Waals surface area contributed by atoms with E-state index in [1.54, 1.807) is 0 Å². The largest absolute Gasteiger partial charge is 0.472 e. The number of nitrogens with zero attached hydrogens (tertiary/aromatic N) is 1. The molecule has 86 heavy (non-hydrogen) atoms. The highest BCUT2D eigenvalue weighted by Gasteiger charge is 2.27. The molecule has 9 nitrogen and oxygen atoms in total. The molecule has 0 aliphatic carbocycles. The fourth-order valence-corrected chi connectivity index (χ4v) is 10.3. The van der Waals surface area contributed by atoms with E-state index in [-0.39, 0.29) is 32.0 Å². The number of carbonyl (C=O) groups is 2. The molecule has 0 radical (unpaired) electrons. The van der Waals surface area contributed by atoms with E-state index in [9.17, 15) is 19.0 Å². The normalized spacial score (nSPS) is 13.9. The zero-order valence-corrected chi connectivity index (χ0v) is 57.2. The maximum Gasteiger partial charge on any atom is 0.472 e. The molecule has 0 amide bonds. The Morgan fingerprint density at radius 2 is 0.663 bits per heavy atom. The summed E-state index contributed by atoms with van der Waals surface area (Å²) in [6.07, 6.45) is 94.4. The summed E-state index contributed by atoms with van der Waals surface area (Å²) in [7, 11) is 1.47. The summed E-state index contributed by atoms with van der Waals surface area (Å²) in [5.41, 5.74) is 0. The first-order chi connectivity index (χ1) is 42.0. The number of carbonyl (C=O) groups excluding carboxylic acids is 2. The van der Waals surface area contributed by atoms with Crippen molar-refractivity contribution in [1.29, 1.82) is 0 Å². The molecule has 10 heteroatoms. The van der Waals surface area contributed by atoms with Crippen molar-refractivity contribution < 1.29 is 42.1 Å². The molecule has 0 saturated heterocycles. The molecule has 0 rings (SSSR count). The summed E-state index contributed by atoms with van der Waals surface area (Å²) in [5.74, 6) is -0.802. The van der Waals surface area contributed by atoms with Gasteiger partial charge in [-0.25, -0.2) is 4.57 Å². The van der Waals surface area contributed by atoms with E-state index >= 15 is 0 Å². The lowest BCUT2D eigenvalue weighted by Crippen LogP contribution is -2.37. The Hall–Kier alpha value is -3.59. The highest BCUT2D eigenvalue weighted by atomic mass is 31.2. The van der Waals surface area contributed by atoms with E-state index in [2.05, 4.69) is 135 Å². The van der Waals surface area contributed by atoms with Gasteiger partial charge in [0.25, 0.3) is 0 Å². The van der Waals surface area contributed by atoms with Crippen LogP contribution >= 0.6 is 7.82 Å². The average Bonchev–Trinajstić information content (AvgIpc) is 3.67. The molecule has 0 aliphatic rings. The lowest BCUT2D eigenvalue weighted by molar-refractivity contribution is -0.870. The minimum atomic E-state index is -4.40. The zero-order chi connectivity index (χ0) is 62.6. The molecule has 0 aliphatic heterocycles. The molecule has 2 unspecified atom stereocenters. The van der Waals surface area contributed by atoms with Crippen molar-refractivity contribution in [2.24, 2.45) is 0 Å². The summed E-state index contributed by atoms with van der Waals surface area (Å²) in [6.45, 7) is 4.33. The van der Waals surface area contributed by atoms with Gasteiger partial charge in [0.15, 0.2) is 6.10 Å². The summed E-state index contributed by atoms with van der Waals surface area (Å²) in [5, 5.41) is 0. The standard InChI is InChI=1S/C76H132NO8P/c1-6-8-10-12-14-16-18-20-22-24-26-28-30-32-33-34-35-36-37-38-39-40-41-42-43-45-47-49-51-53-55-57-59-61-63-65-67-69-76(79)85-74(73-84-86(80,81)83-71-70-77(3,4)5)72-82-75(78)68-66-64-62-60-58-56-54-52-50-48-46-44-31-29-27-25-23-21-19-17-15-13-11-9-7-2/h8,10,14,16,20,22,25-28,32-33,35-36,38-39,41-42,45,47,74H,6-7,9,11-13,15,17-19,21,23-24,29-31,34,37,40,43-44,46,48-73H2,1-5H3/p+1/b10-8-,16-14-,22-20-,27-25-,28-26-,33-32-,36-35-,39-38-,42-41-,47-45-. The van der Waals surface area contributed by atoms with Crippen molar-refractivity contribution in [2.75, 3.05) is 47.5 Å². The second-order valence-electron chi connectivity index (χ2n) is 24.5. The zero-order valence-electron chi connectivity index (χ0n) is 56.3. The van der Waals surface area contributed by atoms with Crippen LogP contribution in [0.15, 0.2) is 122 Å². The number of phosphoric acid groups is 1. The Bertz CT molecular complexity index is 1870. The highest BCUT2D eigenvalue weighted by molar-refractivity contribution is 7.47. The van der Waals surface area contributed by atoms with Crippen molar-refractivity contribution in [3.8, 4) is 0 Å². The smallest absolute Gasteiger partial charge is 0.462 e. The van der Waals surface area contributed by atoms with Gasteiger partial charge in [-0.15, -0.1) is 0 Å². The van der Waals surface area contributed by atoms with E-state index in [1.807, 2.05) is 21.1 Å². The predicted molar refractivity (Wildman–Crippen MR) is 371 cm³/mol. The number of rotatable bonds is 64. The lowest BCUT2D eigenvalue weighted by Gasteiger charge is -2.24. The number of ether oxygens (including phenoxy) is 2. The molecule has 0 aromatic heterocycles. The number of phosphoric ester groups is 1. The highest BCUT2D eigenvalue weighted by Crippen LogP contribution is 2.43. The van der Waals surface area contributed by atoms with Crippen LogP contribution in [0.5, 0.6) is 0 Å². The molecule has 1 N–H and O–H groups in total. The summed E-state index contributed by atoms with van der Waals surface area (Å²) >= 11 is 0. The Labute approximate surface area is 530 Å². The van der Waals surface area contributed by atoms with Gasteiger partial charge in [-0.1, -0.05) is 296 Å². The quantitative estimate of drug-likeness (QED) is 0.0211. The molecule has 0 aromatic rings. The van der Waals surface area contributed by atoms with E-state index in [4.69, 9.17) is 18.5 Å². The monoisotopic (exact) mass is 1220 g/mol. The van der Waals surface area contributed by atoms with Gasteiger partial charge in [-0.3, -0.25) is 18.6 Å². The summed E-state index contributed by atoms with van der Waals surface area (Å²) in [4.78, 5) is 35.9. The maximum absolute atomic E-state index is 12.9. The molecule has 0 fully saturated rings. The van der Waals surface area contributed by atoms with Crippen molar-refractivity contribution in [2.45, 2.75) is 302 Å². The number of esters is 2. The van der Waals surface area contributed by atoms with Crippen molar-refractivity contribution >= 4 is 19.8 Å². The Balaban J connectivity index is 4.10. The van der Waals surface area contributed by atoms with E-state index in [0.29, 0.717) is 17.4 Å². The molecule has 494 valence electrons. The van der Waals surface area contributed by atoms with Crippen molar-refractivity contribution in [3.63, 3.8) is 0 Å². The molecular formula is C76H133NO8P+. The van der Waals surface area contributed by atoms with Crippen LogP contribution in [0.25, 0.3) is 0 Å². The van der Waals surface area contributed by atoms with Crippen LogP contribution < -0.4 is 0 Å². The summed E-state index contributed by atoms with van der Waals surface area (Å²) in [6, 6.07) is 0. The third kappa shape index (κ3) is 69.5. The second-order valence-corrected chi connectivity index (χ2v) is 26.0. The van der Waals surface area contributed by atoms with E-state index in [0.717, 1.165) is 103 Å². The van der Waals surface area contributed by atoms with E-state index < -0.39 is 26.5 Å². The molecule has 0 bridgehead atoms. The number of likely N-dealkylation sites (N-methyl/N-ethyl adjacent to an activating group) is 1. The van der Waals surface area contributed by atoms with Crippen LogP contribution in [0.3, 0.4) is 0 Å². The van der Waals surface area contributed by atoms with Crippen LogP contribution in [0.4, 0.5) is 0 Å². The Kier molecular flexibility index (Phi) is 63.1. The predicted octanol–water partition coefficient (Wildman–Crippen LogP) is 23.0. The molecule has 0 aromatic carbocycles. The van der Waals surface area contributed by atoms with Gasteiger partial charge in [0.1, 0.15) is 19.8 Å². The summed E-state index contributed by atoms with van der Waals surface area (Å²) < 4.78 is 34.7. The first-order valence-corrected chi connectivity index (χ1v) is 36.8. The van der Waals surface area contributed by atoms with Gasteiger partial charge in [0.05, 0.1) is 27.7 Å². The van der Waals surface area contributed by atoms with Crippen LogP contribution in [-0.2, 0) is 32.7 Å². The lowest BCUT2D eigenvalue weighted by atomic mass is 10.0. The fourth-order valence-electron chi connectivity index (χ4n) is 9.59. The van der Waals surface area contributed by atoms with Crippen LogP contribution in [-0.4, -0.2) is 74.9 Å². The van der Waals surface area contributed by atoms with Crippen LogP contribution in [0.2, 0.25) is 0 Å². The third-order valence-electron chi connectivity index (χ3n) is 15.0. The van der Waals surface area contributed by atoms with Gasteiger partial charge in [0.2, 0.25) is 0 Å². The molecule has 0 saturated carbocycles. The maximum atomic E-state index is 12.9. The fraction of sp³-hybridized carbons (Fsp3) is 0.711. The minimum absolute atomic E-state index is 0.0260. The Morgan fingerprint density at radius 3 is 1.00 bits per heavy atom. The van der Waals surface area contributed by atoms with Crippen LogP contribution in [0.1, 0.15) is 296 Å². The number of allylic oxidation sites excluding steroid dienone is 20. The first-order valence-electron chi connectivity index (χ1n) is 35.3. The van der Waals surface area contributed by atoms with Gasteiger partial charge in [0, 0.05) is 12.8 Å². The number of hydrogen-bond acceptors (Lipinski definition) is 7. The molecule has 2 atom stereocenters. The average molecular weight is 1220 g/mol. The van der Waals surface area contributed by atoms with Gasteiger partial charge in [-0.05, 0) is 109 Å². The molecule has 0 heterocycles. The van der Waals surface area contributed by atoms with Crippen LogP contribution in [0, 0.1) is 0 Å². The van der Waals surface area contributed by atoms with Gasteiger partial charge < -0.3 is 18.9 Å². The number of hydrogen-bond donors (Lipinski definition) is 1. The third-order valence-corrected chi connectivity index (χ3v) is 16.0. The SMILES string of the molecule is CC/C=C\C/C=C\C/C=C\C/C=C\C/C=C\C/C=C\C/C=C\C/C=C\C/C=C\CCCCCCCCCCCC(=O)OC(COC(=O)CCCCCCCCCCCCCCC/C=C\CCCCCCCCCC)COP(=O)(O)OCC[N+](C)(C)C. The number of unbranched alkanes of at least 4 members (excludes halogenated alkanes) is 30. The van der Waals surface area contributed by atoms with E-state index in [1.165, 1.54) is 161 Å². The minimum Gasteiger partial charge on any atom is -0.462 e. The van der Waals surface area contributed by atoms with Gasteiger partial charge >= 0.3 is 19.8 Å². The van der Waals surface area contributed by atoms with Crippen molar-refractivity contribution in [1.82, 2.24) is 0 Å². The Morgan fingerprint density at radius 1 is 0.372 bits per heavy atom.